The summed E-state index contributed by atoms with van der Waals surface area (Å²) in [7, 11) is 0. The predicted octanol–water partition coefficient (Wildman–Crippen LogP) is 6.59. The Bertz CT molecular complexity index is 1280. The van der Waals surface area contributed by atoms with E-state index in [2.05, 4.69) is 25.0 Å². The van der Waals surface area contributed by atoms with E-state index in [0.717, 1.165) is 41.8 Å². The Hall–Kier alpha value is -2.92. The molecule has 176 valence electrons. The van der Waals surface area contributed by atoms with Gasteiger partial charge in [0.15, 0.2) is 0 Å². The molecule has 0 bridgehead atoms. The maximum absolute atomic E-state index is 13.4. The van der Waals surface area contributed by atoms with Gasteiger partial charge in [-0.3, -0.25) is 4.79 Å². The number of hydrogen-bond acceptors (Lipinski definition) is 3. The molecule has 5 rings (SSSR count). The van der Waals surface area contributed by atoms with Crippen LogP contribution >= 0.6 is 11.6 Å². The summed E-state index contributed by atoms with van der Waals surface area (Å²) in [6.45, 7) is 6.00. The van der Waals surface area contributed by atoms with Crippen LogP contribution in [0.3, 0.4) is 0 Å². The van der Waals surface area contributed by atoms with Crippen LogP contribution in [0.25, 0.3) is 11.8 Å². The van der Waals surface area contributed by atoms with E-state index in [4.69, 9.17) is 16.3 Å². The SMILES string of the molecule is CC(=O)O[C@@H](Cc1ccccc1Cl)[C@@]1(C)CCC2=Cc3c(cnn3-c3ccc(F)cc3)C[C@@]21C. The Morgan fingerprint density at radius 1 is 1.21 bits per heavy atom. The van der Waals surface area contributed by atoms with Crippen molar-refractivity contribution in [2.75, 3.05) is 0 Å². The summed E-state index contributed by atoms with van der Waals surface area (Å²) in [4.78, 5) is 12.2. The third-order valence-electron chi connectivity index (χ3n) is 8.08. The van der Waals surface area contributed by atoms with Gasteiger partial charge in [0.2, 0.25) is 0 Å². The molecule has 6 heteroatoms. The topological polar surface area (TPSA) is 44.1 Å². The standard InChI is InChI=1S/C28H28ClFN2O2/c1-18(33)34-26(14-19-6-4-5-7-24(19)29)27(2)13-12-21-15-25-20(16-28(21,27)3)17-31-32(25)23-10-8-22(30)9-11-23/h4-11,15,17,26H,12-14,16H2,1-3H3/t26-,27+,28-/m0/s1. The molecule has 2 aliphatic rings. The van der Waals surface area contributed by atoms with Crippen molar-refractivity contribution in [1.82, 2.24) is 9.78 Å². The molecule has 1 saturated carbocycles. The zero-order valence-corrected chi connectivity index (χ0v) is 20.4. The van der Waals surface area contributed by atoms with Crippen LogP contribution in [0.2, 0.25) is 5.02 Å². The Morgan fingerprint density at radius 2 is 1.94 bits per heavy atom. The fourth-order valence-corrected chi connectivity index (χ4v) is 6.07. The molecule has 0 amide bonds. The van der Waals surface area contributed by atoms with E-state index >= 15 is 0 Å². The molecule has 0 radical (unpaired) electrons. The number of aromatic nitrogens is 2. The second-order valence-electron chi connectivity index (χ2n) is 9.93. The number of nitrogens with zero attached hydrogens (tertiary/aromatic N) is 2. The van der Waals surface area contributed by atoms with E-state index in [1.54, 1.807) is 12.1 Å². The Labute approximate surface area is 204 Å². The first kappa shape index (κ1) is 22.9. The van der Waals surface area contributed by atoms with Crippen molar-refractivity contribution < 1.29 is 13.9 Å². The highest BCUT2D eigenvalue weighted by atomic mass is 35.5. The van der Waals surface area contributed by atoms with Gasteiger partial charge in [-0.25, -0.2) is 9.07 Å². The number of halogens is 2. The van der Waals surface area contributed by atoms with Gasteiger partial charge >= 0.3 is 5.97 Å². The lowest BCUT2D eigenvalue weighted by atomic mass is 9.58. The Kier molecular flexibility index (Phi) is 5.64. The molecule has 1 heterocycles. The number of esters is 1. The lowest BCUT2D eigenvalue weighted by molar-refractivity contribution is -0.157. The minimum Gasteiger partial charge on any atom is -0.462 e. The summed E-state index contributed by atoms with van der Waals surface area (Å²) >= 11 is 6.48. The van der Waals surface area contributed by atoms with Crippen molar-refractivity contribution in [3.8, 4) is 5.69 Å². The van der Waals surface area contributed by atoms with E-state index in [9.17, 15) is 9.18 Å². The van der Waals surface area contributed by atoms with Crippen LogP contribution in [0, 0.1) is 16.6 Å². The molecule has 4 nitrogen and oxygen atoms in total. The Balaban J connectivity index is 1.52. The van der Waals surface area contributed by atoms with E-state index in [-0.39, 0.29) is 28.7 Å². The zero-order chi connectivity index (χ0) is 24.1. The quantitative estimate of drug-likeness (QED) is 0.389. The highest BCUT2D eigenvalue weighted by molar-refractivity contribution is 6.31. The molecular weight excluding hydrogens is 451 g/mol. The van der Waals surface area contributed by atoms with E-state index < -0.39 is 0 Å². The number of carbonyl (C=O) groups excluding carboxylic acids is 1. The number of rotatable bonds is 5. The maximum Gasteiger partial charge on any atom is 0.302 e. The molecule has 0 saturated heterocycles. The normalized spacial score (nSPS) is 24.2. The first-order valence-corrected chi connectivity index (χ1v) is 12.0. The van der Waals surface area contributed by atoms with Gasteiger partial charge in [0.1, 0.15) is 11.9 Å². The number of allylic oxidation sites excluding steroid dienone is 1. The van der Waals surface area contributed by atoms with Crippen LogP contribution in [-0.4, -0.2) is 21.9 Å². The van der Waals surface area contributed by atoms with Gasteiger partial charge in [-0.1, -0.05) is 49.2 Å². The third kappa shape index (κ3) is 3.67. The van der Waals surface area contributed by atoms with Crippen LogP contribution in [0.4, 0.5) is 4.39 Å². The molecule has 0 spiro atoms. The molecule has 1 fully saturated rings. The van der Waals surface area contributed by atoms with E-state index in [1.165, 1.54) is 24.6 Å². The summed E-state index contributed by atoms with van der Waals surface area (Å²) in [6.07, 6.45) is 7.03. The highest BCUT2D eigenvalue weighted by Gasteiger charge is 2.57. The van der Waals surface area contributed by atoms with Gasteiger partial charge in [-0.15, -0.1) is 0 Å². The highest BCUT2D eigenvalue weighted by Crippen LogP contribution is 2.62. The second-order valence-corrected chi connectivity index (χ2v) is 10.3. The summed E-state index contributed by atoms with van der Waals surface area (Å²) < 4.78 is 21.3. The number of fused-ring (bicyclic) bond motifs is 2. The molecule has 34 heavy (non-hydrogen) atoms. The van der Waals surface area contributed by atoms with Crippen LogP contribution in [0.1, 0.15) is 50.4 Å². The summed E-state index contributed by atoms with van der Waals surface area (Å²) in [6, 6.07) is 14.1. The van der Waals surface area contributed by atoms with Gasteiger partial charge in [-0.2, -0.15) is 5.10 Å². The maximum atomic E-state index is 13.4. The molecule has 2 aromatic carbocycles. The van der Waals surface area contributed by atoms with Crippen molar-refractivity contribution in [2.45, 2.75) is 52.6 Å². The summed E-state index contributed by atoms with van der Waals surface area (Å²) in [5, 5.41) is 5.31. The smallest absolute Gasteiger partial charge is 0.302 e. The molecule has 0 unspecified atom stereocenters. The first-order chi connectivity index (χ1) is 16.2. The number of hydrogen-bond donors (Lipinski definition) is 0. The molecule has 1 aromatic heterocycles. The molecule has 3 aromatic rings. The van der Waals surface area contributed by atoms with Crippen molar-refractivity contribution in [2.24, 2.45) is 10.8 Å². The average molecular weight is 479 g/mol. The fourth-order valence-electron chi connectivity index (χ4n) is 5.85. The Morgan fingerprint density at radius 3 is 2.65 bits per heavy atom. The van der Waals surface area contributed by atoms with E-state index in [1.807, 2.05) is 35.1 Å². The fraction of sp³-hybridized carbons (Fsp3) is 0.357. The molecule has 0 aliphatic heterocycles. The van der Waals surface area contributed by atoms with Crippen molar-refractivity contribution >= 4 is 23.6 Å². The van der Waals surface area contributed by atoms with Crippen molar-refractivity contribution in [3.63, 3.8) is 0 Å². The van der Waals surface area contributed by atoms with Gasteiger partial charge in [0, 0.05) is 29.2 Å². The largest absolute Gasteiger partial charge is 0.462 e. The van der Waals surface area contributed by atoms with Gasteiger partial charge in [0.05, 0.1) is 17.6 Å². The second kappa shape index (κ2) is 8.38. The molecule has 3 atom stereocenters. The zero-order valence-electron chi connectivity index (χ0n) is 19.6. The van der Waals surface area contributed by atoms with Crippen LogP contribution < -0.4 is 0 Å². The van der Waals surface area contributed by atoms with E-state index in [0.29, 0.717) is 11.4 Å². The summed E-state index contributed by atoms with van der Waals surface area (Å²) in [5.74, 6) is -0.544. The first-order valence-electron chi connectivity index (χ1n) is 11.7. The monoisotopic (exact) mass is 478 g/mol. The van der Waals surface area contributed by atoms with Crippen LogP contribution in [0.5, 0.6) is 0 Å². The van der Waals surface area contributed by atoms with Gasteiger partial charge in [-0.05, 0) is 66.8 Å². The van der Waals surface area contributed by atoms with Crippen LogP contribution in [0.15, 0.2) is 60.3 Å². The summed E-state index contributed by atoms with van der Waals surface area (Å²) in [5.41, 5.74) is 4.86. The lowest BCUT2D eigenvalue weighted by Crippen LogP contribution is -2.48. The van der Waals surface area contributed by atoms with Crippen molar-refractivity contribution in [3.05, 3.63) is 88.0 Å². The average Bonchev–Trinajstić information content (AvgIpc) is 3.31. The minimum atomic E-state index is -0.311. The van der Waals surface area contributed by atoms with Crippen LogP contribution in [-0.2, 0) is 22.4 Å². The van der Waals surface area contributed by atoms with Gasteiger partial charge in [0.25, 0.3) is 0 Å². The molecule has 2 aliphatic carbocycles. The lowest BCUT2D eigenvalue weighted by Gasteiger charge is -2.47. The number of carbonyl (C=O) groups is 1. The van der Waals surface area contributed by atoms with Crippen molar-refractivity contribution in [1.29, 1.82) is 0 Å². The minimum absolute atomic E-state index is 0.196. The van der Waals surface area contributed by atoms with Gasteiger partial charge < -0.3 is 4.74 Å². The number of ether oxygens (including phenoxy) is 1. The molecule has 0 N–H and O–H groups in total. The molecular formula is C28H28ClFN2O2. The third-order valence-corrected chi connectivity index (χ3v) is 8.45. The predicted molar refractivity (Wildman–Crippen MR) is 131 cm³/mol. The number of benzene rings is 2.